The molecule has 0 aromatic heterocycles. The number of hydrogen-bond donors (Lipinski definition) is 2. The molecule has 0 amide bonds. The first kappa shape index (κ1) is 17.0. The van der Waals surface area contributed by atoms with E-state index in [1.807, 2.05) is 36.4 Å². The second-order valence-corrected chi connectivity index (χ2v) is 7.36. The van der Waals surface area contributed by atoms with Crippen molar-refractivity contribution in [2.75, 3.05) is 13.2 Å². The Kier molecular flexibility index (Phi) is 4.35. The number of ketones is 1. The van der Waals surface area contributed by atoms with Crippen molar-refractivity contribution < 1.29 is 15.0 Å². The van der Waals surface area contributed by atoms with Crippen molar-refractivity contribution in [1.82, 2.24) is 0 Å². The molecule has 26 heavy (non-hydrogen) atoms. The number of allylic oxidation sites excluding steroid dienone is 4. The van der Waals surface area contributed by atoms with Gasteiger partial charge in [0.2, 0.25) is 0 Å². The molecule has 0 spiro atoms. The molecule has 4 rings (SSSR count). The second-order valence-electron chi connectivity index (χ2n) is 7.36. The minimum Gasteiger partial charge on any atom is -0.396 e. The maximum absolute atomic E-state index is 12.6. The fraction of sp³-hybridized carbons (Fsp3) is 0.261. The van der Waals surface area contributed by atoms with Crippen LogP contribution < -0.4 is 0 Å². The normalized spacial score (nSPS) is 18.3. The number of aliphatic hydroxyl groups excluding tert-OH is 2. The Balaban J connectivity index is 1.64. The smallest absolute Gasteiger partial charge is 0.163 e. The molecule has 2 aromatic carbocycles. The average molecular weight is 346 g/mol. The van der Waals surface area contributed by atoms with Crippen molar-refractivity contribution in [1.29, 1.82) is 0 Å². The summed E-state index contributed by atoms with van der Waals surface area (Å²) in [5.74, 6) is 0.00191. The van der Waals surface area contributed by atoms with Crippen LogP contribution in [0.3, 0.4) is 0 Å². The zero-order valence-electron chi connectivity index (χ0n) is 14.6. The molecule has 132 valence electrons. The van der Waals surface area contributed by atoms with Crippen molar-refractivity contribution >= 4 is 16.9 Å². The van der Waals surface area contributed by atoms with Crippen LogP contribution >= 0.6 is 0 Å². The van der Waals surface area contributed by atoms with E-state index in [0.717, 1.165) is 28.7 Å². The number of hydrogen-bond acceptors (Lipinski definition) is 3. The zero-order chi connectivity index (χ0) is 18.1. The van der Waals surface area contributed by atoms with Gasteiger partial charge in [0.05, 0.1) is 13.2 Å². The number of carbonyl (C=O) groups excluding carboxylic acids is 1. The van der Waals surface area contributed by atoms with Crippen LogP contribution in [0.4, 0.5) is 0 Å². The Bertz CT molecular complexity index is 902. The summed E-state index contributed by atoms with van der Waals surface area (Å²) in [6.45, 7) is -0.352. The monoisotopic (exact) mass is 346 g/mol. The van der Waals surface area contributed by atoms with Crippen molar-refractivity contribution in [2.24, 2.45) is 5.41 Å². The molecule has 0 saturated carbocycles. The van der Waals surface area contributed by atoms with E-state index < -0.39 is 5.41 Å². The summed E-state index contributed by atoms with van der Waals surface area (Å²) in [5, 5.41) is 19.2. The Hall–Kier alpha value is -2.49. The molecule has 0 radical (unpaired) electrons. The quantitative estimate of drug-likeness (QED) is 0.888. The fourth-order valence-corrected chi connectivity index (χ4v) is 3.93. The van der Waals surface area contributed by atoms with Gasteiger partial charge in [-0.3, -0.25) is 4.79 Å². The van der Waals surface area contributed by atoms with Gasteiger partial charge in [-0.2, -0.15) is 0 Å². The van der Waals surface area contributed by atoms with Gasteiger partial charge in [0.1, 0.15) is 0 Å². The summed E-state index contributed by atoms with van der Waals surface area (Å²) in [5.41, 5.74) is 5.61. The van der Waals surface area contributed by atoms with Crippen LogP contribution in [0.15, 0.2) is 60.7 Å². The number of Topliss-reactive ketones (excluding diaryl/α,β-unsaturated/α-hetero) is 1. The lowest BCUT2D eigenvalue weighted by Crippen LogP contribution is -2.38. The van der Waals surface area contributed by atoms with E-state index in [-0.39, 0.29) is 25.4 Å². The fourth-order valence-electron chi connectivity index (χ4n) is 3.93. The van der Waals surface area contributed by atoms with Crippen molar-refractivity contribution in [3.05, 3.63) is 82.9 Å². The van der Waals surface area contributed by atoms with E-state index in [9.17, 15) is 15.0 Å². The summed E-state index contributed by atoms with van der Waals surface area (Å²) in [6.07, 6.45) is 6.01. The van der Waals surface area contributed by atoms with Crippen LogP contribution in [-0.2, 0) is 6.42 Å². The maximum atomic E-state index is 12.6. The Morgan fingerprint density at radius 3 is 2.42 bits per heavy atom. The molecular weight excluding hydrogens is 324 g/mol. The molecular formula is C23H22O3. The van der Waals surface area contributed by atoms with Gasteiger partial charge < -0.3 is 10.2 Å². The van der Waals surface area contributed by atoms with Gasteiger partial charge in [0.15, 0.2) is 5.78 Å². The molecule has 0 atom stereocenters. The standard InChI is InChI=1S/C23H22O3/c24-14-23(15-25)12-20-9-8-19(11-21(20)22(26)13-23)18-7-6-17(10-18)16-4-2-1-3-5-16/h1-5,7-11,24-25H,6,12-15H2. The Morgan fingerprint density at radius 2 is 1.69 bits per heavy atom. The van der Waals surface area contributed by atoms with Crippen molar-refractivity contribution in [2.45, 2.75) is 19.3 Å². The zero-order valence-corrected chi connectivity index (χ0v) is 14.6. The summed E-state index contributed by atoms with van der Waals surface area (Å²) in [7, 11) is 0. The third-order valence-electron chi connectivity index (χ3n) is 5.53. The number of benzene rings is 2. The average Bonchev–Trinajstić information content (AvgIpc) is 3.18. The molecule has 0 heterocycles. The van der Waals surface area contributed by atoms with Crippen LogP contribution in [0.25, 0.3) is 11.1 Å². The van der Waals surface area contributed by atoms with Crippen molar-refractivity contribution in [3.63, 3.8) is 0 Å². The van der Waals surface area contributed by atoms with E-state index in [1.165, 1.54) is 11.1 Å². The Morgan fingerprint density at radius 1 is 0.923 bits per heavy atom. The minimum atomic E-state index is -0.724. The molecule has 0 bridgehead atoms. The Labute approximate surface area is 153 Å². The molecule has 2 N–H and O–H groups in total. The summed E-state index contributed by atoms with van der Waals surface area (Å²) >= 11 is 0. The van der Waals surface area contributed by atoms with E-state index in [1.54, 1.807) is 0 Å². The van der Waals surface area contributed by atoms with Gasteiger partial charge in [-0.25, -0.2) is 0 Å². The van der Waals surface area contributed by atoms with E-state index in [0.29, 0.717) is 6.42 Å². The highest BCUT2D eigenvalue weighted by molar-refractivity contribution is 6.00. The predicted molar refractivity (Wildman–Crippen MR) is 103 cm³/mol. The predicted octanol–water partition coefficient (Wildman–Crippen LogP) is 3.66. The van der Waals surface area contributed by atoms with E-state index in [4.69, 9.17) is 0 Å². The minimum absolute atomic E-state index is 0.00191. The first-order valence-corrected chi connectivity index (χ1v) is 8.98. The molecule has 0 unspecified atom stereocenters. The summed E-state index contributed by atoms with van der Waals surface area (Å²) < 4.78 is 0. The molecule has 0 fully saturated rings. The highest BCUT2D eigenvalue weighted by Crippen LogP contribution is 2.38. The van der Waals surface area contributed by atoms with Gasteiger partial charge in [-0.05, 0) is 46.7 Å². The van der Waals surface area contributed by atoms with Gasteiger partial charge in [-0.1, -0.05) is 54.6 Å². The molecule has 0 aliphatic heterocycles. The lowest BCUT2D eigenvalue weighted by Gasteiger charge is -2.34. The third-order valence-corrected chi connectivity index (χ3v) is 5.53. The number of carbonyl (C=O) groups is 1. The highest BCUT2D eigenvalue weighted by atomic mass is 16.3. The van der Waals surface area contributed by atoms with Crippen LogP contribution in [-0.4, -0.2) is 29.2 Å². The largest absolute Gasteiger partial charge is 0.396 e. The lowest BCUT2D eigenvalue weighted by molar-refractivity contribution is 0.0387. The van der Waals surface area contributed by atoms with Gasteiger partial charge in [0.25, 0.3) is 0 Å². The lowest BCUT2D eigenvalue weighted by atomic mass is 9.71. The van der Waals surface area contributed by atoms with Crippen LogP contribution in [0.5, 0.6) is 0 Å². The number of aliphatic hydroxyl groups is 2. The molecule has 2 aliphatic rings. The van der Waals surface area contributed by atoms with Gasteiger partial charge in [0, 0.05) is 17.4 Å². The molecule has 0 saturated heterocycles. The first-order chi connectivity index (χ1) is 12.6. The first-order valence-electron chi connectivity index (χ1n) is 8.98. The van der Waals surface area contributed by atoms with Crippen molar-refractivity contribution in [3.8, 4) is 0 Å². The van der Waals surface area contributed by atoms with Crippen LogP contribution in [0.2, 0.25) is 0 Å². The van der Waals surface area contributed by atoms with Crippen LogP contribution in [0.1, 0.15) is 39.9 Å². The van der Waals surface area contributed by atoms with Gasteiger partial charge >= 0.3 is 0 Å². The van der Waals surface area contributed by atoms with E-state index >= 15 is 0 Å². The summed E-state index contributed by atoms with van der Waals surface area (Å²) in [4.78, 5) is 12.6. The number of fused-ring (bicyclic) bond motifs is 1. The molecule has 2 aliphatic carbocycles. The highest BCUT2D eigenvalue weighted by Gasteiger charge is 2.37. The molecule has 2 aromatic rings. The molecule has 3 nitrogen and oxygen atoms in total. The van der Waals surface area contributed by atoms with E-state index in [2.05, 4.69) is 24.3 Å². The number of rotatable bonds is 4. The third kappa shape index (κ3) is 2.94. The maximum Gasteiger partial charge on any atom is 0.163 e. The van der Waals surface area contributed by atoms with Gasteiger partial charge in [-0.15, -0.1) is 0 Å². The SMILES string of the molecule is O=C1CC(CO)(CO)Cc2ccc(C3=CCC(c4ccccc4)=C3)cc21. The molecule has 3 heteroatoms. The second kappa shape index (κ2) is 6.67. The van der Waals surface area contributed by atoms with Crippen LogP contribution in [0, 0.1) is 5.41 Å². The summed E-state index contributed by atoms with van der Waals surface area (Å²) in [6, 6.07) is 16.3. The topological polar surface area (TPSA) is 57.5 Å².